The summed E-state index contributed by atoms with van der Waals surface area (Å²) in [5.41, 5.74) is 3.00. The Kier molecular flexibility index (Phi) is 10.9. The van der Waals surface area contributed by atoms with Gasteiger partial charge in [-0.3, -0.25) is 19.2 Å². The van der Waals surface area contributed by atoms with Crippen molar-refractivity contribution < 1.29 is 37.4 Å². The maximum Gasteiger partial charge on any atom is 0.309 e. The highest BCUT2D eigenvalue weighted by atomic mass is 32.2. The number of nitrogens with one attached hydrogen (secondary N) is 1. The number of Topliss-reactive ketones (excluding diaryl/α,β-unsaturated/α-hetero) is 1. The second kappa shape index (κ2) is 14.9. The number of allylic oxidation sites excluding steroid dienone is 2. The molecule has 1 aromatic rings. The van der Waals surface area contributed by atoms with Crippen molar-refractivity contribution in [3.8, 4) is 0 Å². The minimum atomic E-state index is -2.96. The summed E-state index contributed by atoms with van der Waals surface area (Å²) < 4.78 is 30.3. The quantitative estimate of drug-likeness (QED) is 0.233. The third-order valence-electron chi connectivity index (χ3n) is 19.3. The van der Waals surface area contributed by atoms with Crippen LogP contribution in [-0.2, 0) is 40.3 Å². The van der Waals surface area contributed by atoms with Crippen LogP contribution in [0.5, 0.6) is 0 Å². The van der Waals surface area contributed by atoms with Gasteiger partial charge in [0.05, 0.1) is 23.3 Å². The third kappa shape index (κ3) is 6.93. The number of hydrogen-bond acceptors (Lipinski definition) is 8. The van der Waals surface area contributed by atoms with Gasteiger partial charge in [0.2, 0.25) is 5.91 Å². The van der Waals surface area contributed by atoms with E-state index in [-0.39, 0.29) is 68.8 Å². The minimum absolute atomic E-state index is 0.0144. The monoisotopic (exact) mass is 861 g/mol. The first-order valence-corrected chi connectivity index (χ1v) is 25.2. The van der Waals surface area contributed by atoms with E-state index in [2.05, 4.69) is 58.7 Å². The van der Waals surface area contributed by atoms with Crippen molar-refractivity contribution >= 4 is 39.2 Å². The van der Waals surface area contributed by atoms with E-state index in [9.17, 15) is 32.7 Å². The highest BCUT2D eigenvalue weighted by Crippen LogP contribution is 2.77. The topological polar surface area (TPSA) is 147 Å². The predicted octanol–water partition coefficient (Wildman–Crippen LogP) is 8.57. The molecule has 8 rings (SSSR count). The molecule has 11 heteroatoms. The van der Waals surface area contributed by atoms with Crippen molar-refractivity contribution in [1.82, 2.24) is 5.32 Å². The zero-order valence-electron chi connectivity index (χ0n) is 38.3. The summed E-state index contributed by atoms with van der Waals surface area (Å²) in [7, 11) is -2.96. The van der Waals surface area contributed by atoms with Crippen LogP contribution in [0, 0.1) is 68.0 Å². The van der Waals surface area contributed by atoms with Crippen molar-refractivity contribution in [2.45, 2.75) is 146 Å². The Morgan fingerprint density at radius 3 is 2.13 bits per heavy atom. The number of hydrogen-bond donors (Lipinski definition) is 2. The lowest BCUT2D eigenvalue weighted by Gasteiger charge is -2.72. The molecule has 61 heavy (non-hydrogen) atoms. The number of nitrogens with zero attached hydrogens (tertiary/aromatic N) is 1. The van der Waals surface area contributed by atoms with E-state index in [0.29, 0.717) is 50.7 Å². The van der Waals surface area contributed by atoms with Crippen LogP contribution in [-0.4, -0.2) is 67.9 Å². The van der Waals surface area contributed by atoms with Gasteiger partial charge in [0.1, 0.15) is 6.10 Å². The van der Waals surface area contributed by atoms with Gasteiger partial charge in [-0.15, -0.1) is 0 Å². The van der Waals surface area contributed by atoms with Gasteiger partial charge in [-0.25, -0.2) is 8.42 Å². The molecule has 0 radical (unpaired) electrons. The SMILES string of the molecule is CC(C)C1=C2[C@H]3CC[C@@H]4[C@@]5(C)CC[C@H](OC(=O)[C@H]6C[C@@H](C(=O)O)C6(C)C)C(C)(C)[C@@H]5CC[C@@]4(C)[C@]3(C)CC[C@@]2(CC(=O)NCc2ccc(N3CCS(=O)(=O)CC3)cc2)CC1=O. The van der Waals surface area contributed by atoms with Crippen molar-refractivity contribution in [2.75, 3.05) is 29.5 Å². The lowest BCUT2D eigenvalue weighted by Crippen LogP contribution is -2.66. The lowest BCUT2D eigenvalue weighted by molar-refractivity contribution is -0.236. The van der Waals surface area contributed by atoms with E-state index in [4.69, 9.17) is 4.74 Å². The van der Waals surface area contributed by atoms with Crippen LogP contribution in [0.15, 0.2) is 35.4 Å². The number of benzene rings is 1. The molecule has 1 aromatic carbocycles. The number of fused-ring (bicyclic) bond motifs is 7. The molecular formula is C50H72N2O8S. The molecule has 6 aliphatic carbocycles. The number of ketones is 1. The number of amides is 1. The molecule has 0 bridgehead atoms. The summed E-state index contributed by atoms with van der Waals surface area (Å²) in [6.45, 7) is 21.7. The molecule has 336 valence electrons. The molecule has 0 aromatic heterocycles. The molecule has 2 N–H and O–H groups in total. The second-order valence-corrected chi connectivity index (χ2v) is 25.3. The Hall–Kier alpha value is -3.21. The van der Waals surface area contributed by atoms with E-state index in [0.717, 1.165) is 68.2 Å². The standard InChI is InChI=1S/C50H72N2O8S/c1-30(2)41-36(53)27-50(28-40(54)51-29-31-10-12-32(13-11-31)52-22-24-61(58,59)25-23-52)21-20-48(8)33(42(41)50)14-15-38-47(7)18-17-39(46(5,6)37(47)16-19-49(38,48)9)60-44(57)35-26-34(43(55)56)45(35,3)4/h10-13,30,33-35,37-39H,14-29H2,1-9H3,(H,51,54)(H,55,56)/t33-,34+,35-,37+,38-,39+,47+,48-,49-,50+/m1/s1. The molecule has 0 spiro atoms. The number of anilines is 1. The Bertz CT molecular complexity index is 2110. The van der Waals surface area contributed by atoms with E-state index < -0.39 is 38.5 Å². The van der Waals surface area contributed by atoms with Crippen molar-refractivity contribution in [1.29, 1.82) is 0 Å². The Morgan fingerprint density at radius 1 is 0.836 bits per heavy atom. The molecule has 6 fully saturated rings. The number of carbonyl (C=O) groups is 4. The predicted molar refractivity (Wildman–Crippen MR) is 236 cm³/mol. The molecule has 7 aliphatic rings. The smallest absolute Gasteiger partial charge is 0.309 e. The second-order valence-electron chi connectivity index (χ2n) is 23.0. The molecule has 1 saturated heterocycles. The van der Waals surface area contributed by atoms with Crippen molar-refractivity contribution in [3.63, 3.8) is 0 Å². The number of ether oxygens (including phenoxy) is 1. The molecule has 0 unspecified atom stereocenters. The molecule has 10 nitrogen and oxygen atoms in total. The summed E-state index contributed by atoms with van der Waals surface area (Å²) >= 11 is 0. The van der Waals surface area contributed by atoms with Gasteiger partial charge < -0.3 is 20.1 Å². The molecule has 1 aliphatic heterocycles. The Morgan fingerprint density at radius 2 is 1.51 bits per heavy atom. The van der Waals surface area contributed by atoms with Gasteiger partial charge in [-0.1, -0.05) is 80.0 Å². The summed E-state index contributed by atoms with van der Waals surface area (Å²) in [6.07, 6.45) is 8.69. The number of esters is 1. The van der Waals surface area contributed by atoms with Gasteiger partial charge >= 0.3 is 11.9 Å². The van der Waals surface area contributed by atoms with Crippen molar-refractivity contribution in [2.24, 2.45) is 68.0 Å². The van der Waals surface area contributed by atoms with E-state index in [1.165, 1.54) is 5.57 Å². The average Bonchev–Trinajstić information content (AvgIpc) is 3.46. The molecular weight excluding hydrogens is 789 g/mol. The van der Waals surface area contributed by atoms with Gasteiger partial charge in [0.15, 0.2) is 15.6 Å². The summed E-state index contributed by atoms with van der Waals surface area (Å²) in [5.74, 6) is -0.266. The fourth-order valence-electron chi connectivity index (χ4n) is 15.5. The maximum atomic E-state index is 14.2. The average molecular weight is 861 g/mol. The first kappa shape index (κ1) is 44.4. The van der Waals surface area contributed by atoms with Gasteiger partial charge in [0.25, 0.3) is 0 Å². The molecule has 10 atom stereocenters. The number of aliphatic carboxylic acids is 1. The minimum Gasteiger partial charge on any atom is -0.481 e. The molecule has 1 heterocycles. The largest absolute Gasteiger partial charge is 0.481 e. The fraction of sp³-hybridized carbons (Fsp3) is 0.760. The lowest BCUT2D eigenvalue weighted by atomic mass is 9.33. The van der Waals surface area contributed by atoms with Crippen LogP contribution in [0.2, 0.25) is 0 Å². The van der Waals surface area contributed by atoms with E-state index in [1.807, 2.05) is 38.1 Å². The number of sulfone groups is 1. The maximum absolute atomic E-state index is 14.2. The Labute approximate surface area is 364 Å². The number of carboxylic acids is 1. The van der Waals surface area contributed by atoms with Crippen LogP contribution < -0.4 is 10.2 Å². The van der Waals surface area contributed by atoms with Crippen LogP contribution in [0.1, 0.15) is 139 Å². The van der Waals surface area contributed by atoms with Crippen molar-refractivity contribution in [3.05, 3.63) is 41.0 Å². The highest BCUT2D eigenvalue weighted by molar-refractivity contribution is 7.91. The van der Waals surface area contributed by atoms with E-state index in [1.54, 1.807) is 0 Å². The third-order valence-corrected chi connectivity index (χ3v) is 20.9. The van der Waals surface area contributed by atoms with Crippen LogP contribution in [0.3, 0.4) is 0 Å². The molecule has 1 amide bonds. The zero-order valence-corrected chi connectivity index (χ0v) is 39.1. The van der Waals surface area contributed by atoms with Gasteiger partial charge in [-0.05, 0) is 126 Å². The van der Waals surface area contributed by atoms with E-state index >= 15 is 0 Å². The summed E-state index contributed by atoms with van der Waals surface area (Å²) in [4.78, 5) is 55.8. The Balaban J connectivity index is 0.979. The first-order chi connectivity index (χ1) is 28.4. The number of carbonyl (C=O) groups excluding carboxylic acids is 3. The van der Waals surface area contributed by atoms with Crippen LogP contribution in [0.25, 0.3) is 0 Å². The van der Waals surface area contributed by atoms with Crippen LogP contribution in [0.4, 0.5) is 5.69 Å². The fourth-order valence-corrected chi connectivity index (χ4v) is 16.7. The highest BCUT2D eigenvalue weighted by Gasteiger charge is 2.70. The van der Waals surface area contributed by atoms with Crippen LogP contribution >= 0.6 is 0 Å². The van der Waals surface area contributed by atoms with Gasteiger partial charge in [-0.2, -0.15) is 0 Å². The first-order valence-electron chi connectivity index (χ1n) is 23.4. The summed E-state index contributed by atoms with van der Waals surface area (Å²) in [6, 6.07) is 8.03. The number of rotatable bonds is 9. The summed E-state index contributed by atoms with van der Waals surface area (Å²) in [5, 5.41) is 12.9. The number of carboxylic acid groups (broad SMARTS) is 1. The van der Waals surface area contributed by atoms with Gasteiger partial charge in [0, 0.05) is 49.0 Å². The normalized spacial score (nSPS) is 39.6. The molecule has 5 saturated carbocycles. The zero-order chi connectivity index (χ0) is 44.3.